The maximum absolute atomic E-state index is 10.4. The van der Waals surface area contributed by atoms with Gasteiger partial charge in [-0.1, -0.05) is 40.9 Å². The van der Waals surface area contributed by atoms with Crippen molar-refractivity contribution in [3.8, 4) is 0 Å². The van der Waals surface area contributed by atoms with E-state index in [-0.39, 0.29) is 0 Å². The second-order valence-electron chi connectivity index (χ2n) is 5.15. The minimum Gasteiger partial charge on any atom is -0.458 e. The SMILES string of the molecule is Cc1ccc2oc(C(O)Cc3ccc(Cl)cc3Cl)cc2c1. The van der Waals surface area contributed by atoms with Gasteiger partial charge in [-0.05, 0) is 42.8 Å². The van der Waals surface area contributed by atoms with Crippen LogP contribution in [0.5, 0.6) is 0 Å². The lowest BCUT2D eigenvalue weighted by Crippen LogP contribution is -2.00. The highest BCUT2D eigenvalue weighted by atomic mass is 35.5. The first-order valence-electron chi connectivity index (χ1n) is 6.65. The van der Waals surface area contributed by atoms with Gasteiger partial charge in [-0.2, -0.15) is 0 Å². The highest BCUT2D eigenvalue weighted by molar-refractivity contribution is 6.35. The minimum absolute atomic E-state index is 0.384. The summed E-state index contributed by atoms with van der Waals surface area (Å²) >= 11 is 12.0. The van der Waals surface area contributed by atoms with E-state index < -0.39 is 6.10 Å². The number of aryl methyl sites for hydroxylation is 1. The molecule has 0 saturated heterocycles. The normalized spacial score (nSPS) is 12.8. The van der Waals surface area contributed by atoms with Crippen molar-refractivity contribution in [1.82, 2.24) is 0 Å². The van der Waals surface area contributed by atoms with Crippen LogP contribution in [0.2, 0.25) is 10.0 Å². The summed E-state index contributed by atoms with van der Waals surface area (Å²) in [6.45, 7) is 2.02. The van der Waals surface area contributed by atoms with Crippen LogP contribution < -0.4 is 0 Å². The Morgan fingerprint density at radius 3 is 2.67 bits per heavy atom. The molecule has 2 aromatic carbocycles. The van der Waals surface area contributed by atoms with Gasteiger partial charge in [-0.25, -0.2) is 0 Å². The molecule has 0 radical (unpaired) electrons. The molecule has 3 aromatic rings. The zero-order chi connectivity index (χ0) is 15.0. The molecule has 0 aliphatic rings. The summed E-state index contributed by atoms with van der Waals surface area (Å²) in [5.74, 6) is 0.543. The van der Waals surface area contributed by atoms with Crippen molar-refractivity contribution in [3.05, 3.63) is 69.4 Å². The Balaban J connectivity index is 1.87. The first kappa shape index (κ1) is 14.5. The van der Waals surface area contributed by atoms with E-state index in [1.165, 1.54) is 0 Å². The van der Waals surface area contributed by atoms with Crippen LogP contribution >= 0.6 is 23.2 Å². The van der Waals surface area contributed by atoms with Gasteiger partial charge < -0.3 is 9.52 Å². The molecule has 1 heterocycles. The fraction of sp³-hybridized carbons (Fsp3) is 0.176. The van der Waals surface area contributed by atoms with Gasteiger partial charge in [0.2, 0.25) is 0 Å². The summed E-state index contributed by atoms with van der Waals surface area (Å²) in [6.07, 6.45) is -0.356. The van der Waals surface area contributed by atoms with Crippen molar-refractivity contribution < 1.29 is 9.52 Å². The number of aliphatic hydroxyl groups is 1. The number of rotatable bonds is 3. The van der Waals surface area contributed by atoms with Crippen molar-refractivity contribution in [1.29, 1.82) is 0 Å². The molecule has 1 unspecified atom stereocenters. The molecule has 0 bridgehead atoms. The van der Waals surface area contributed by atoms with Crippen LogP contribution in [0.15, 0.2) is 46.9 Å². The zero-order valence-electron chi connectivity index (χ0n) is 11.4. The lowest BCUT2D eigenvalue weighted by atomic mass is 10.1. The van der Waals surface area contributed by atoms with E-state index in [9.17, 15) is 5.11 Å². The molecule has 21 heavy (non-hydrogen) atoms. The summed E-state index contributed by atoms with van der Waals surface area (Å²) in [4.78, 5) is 0. The molecule has 0 saturated carbocycles. The Morgan fingerprint density at radius 2 is 1.90 bits per heavy atom. The van der Waals surface area contributed by atoms with Gasteiger partial charge >= 0.3 is 0 Å². The number of fused-ring (bicyclic) bond motifs is 1. The second kappa shape index (κ2) is 5.72. The Hall–Kier alpha value is -1.48. The molecule has 1 atom stereocenters. The van der Waals surface area contributed by atoms with E-state index in [0.29, 0.717) is 22.2 Å². The van der Waals surface area contributed by atoms with Gasteiger partial charge in [-0.3, -0.25) is 0 Å². The van der Waals surface area contributed by atoms with Gasteiger partial charge in [0.15, 0.2) is 0 Å². The molecule has 0 spiro atoms. The van der Waals surface area contributed by atoms with Crippen molar-refractivity contribution in [3.63, 3.8) is 0 Å². The molecule has 1 N–H and O–H groups in total. The minimum atomic E-state index is -0.739. The Labute approximate surface area is 132 Å². The number of aliphatic hydroxyl groups excluding tert-OH is 1. The van der Waals surface area contributed by atoms with Crippen LogP contribution in [0.25, 0.3) is 11.0 Å². The van der Waals surface area contributed by atoms with E-state index in [1.807, 2.05) is 37.3 Å². The highest BCUT2D eigenvalue weighted by Gasteiger charge is 2.16. The van der Waals surface area contributed by atoms with Crippen molar-refractivity contribution in [2.45, 2.75) is 19.4 Å². The third-order valence-electron chi connectivity index (χ3n) is 3.45. The standard InChI is InChI=1S/C17H14Cl2O2/c1-10-2-5-16-12(6-10)8-17(21-16)15(20)7-11-3-4-13(18)9-14(11)19/h2-6,8-9,15,20H,7H2,1H3. The second-order valence-corrected chi connectivity index (χ2v) is 5.99. The lowest BCUT2D eigenvalue weighted by molar-refractivity contribution is 0.152. The largest absolute Gasteiger partial charge is 0.458 e. The molecule has 0 fully saturated rings. The lowest BCUT2D eigenvalue weighted by Gasteiger charge is -2.09. The smallest absolute Gasteiger partial charge is 0.134 e. The average Bonchev–Trinajstić information content (AvgIpc) is 2.85. The van der Waals surface area contributed by atoms with Crippen molar-refractivity contribution in [2.24, 2.45) is 0 Å². The number of hydrogen-bond donors (Lipinski definition) is 1. The van der Waals surface area contributed by atoms with Gasteiger partial charge in [0, 0.05) is 21.9 Å². The predicted octanol–water partition coefficient (Wildman–Crippen LogP) is 5.32. The van der Waals surface area contributed by atoms with Crippen LogP contribution in [0.1, 0.15) is 23.0 Å². The van der Waals surface area contributed by atoms with Gasteiger partial charge in [0.25, 0.3) is 0 Å². The van der Waals surface area contributed by atoms with Gasteiger partial charge in [0.05, 0.1) is 0 Å². The summed E-state index contributed by atoms with van der Waals surface area (Å²) < 4.78 is 5.70. The number of halogens is 2. The molecular formula is C17H14Cl2O2. The van der Waals surface area contributed by atoms with E-state index in [4.69, 9.17) is 27.6 Å². The highest BCUT2D eigenvalue weighted by Crippen LogP contribution is 2.29. The molecule has 0 aliphatic heterocycles. The Morgan fingerprint density at radius 1 is 1.10 bits per heavy atom. The fourth-order valence-corrected chi connectivity index (χ4v) is 2.83. The van der Waals surface area contributed by atoms with E-state index >= 15 is 0 Å². The van der Waals surface area contributed by atoms with E-state index in [1.54, 1.807) is 12.1 Å². The third-order valence-corrected chi connectivity index (χ3v) is 4.03. The quantitative estimate of drug-likeness (QED) is 0.708. The summed E-state index contributed by atoms with van der Waals surface area (Å²) in [5.41, 5.74) is 2.77. The summed E-state index contributed by atoms with van der Waals surface area (Å²) in [7, 11) is 0. The number of hydrogen-bond acceptors (Lipinski definition) is 2. The maximum atomic E-state index is 10.4. The fourth-order valence-electron chi connectivity index (χ4n) is 2.34. The monoisotopic (exact) mass is 320 g/mol. The van der Waals surface area contributed by atoms with Crippen LogP contribution in [0, 0.1) is 6.92 Å². The van der Waals surface area contributed by atoms with Crippen molar-refractivity contribution >= 4 is 34.2 Å². The summed E-state index contributed by atoms with van der Waals surface area (Å²) in [6, 6.07) is 13.1. The molecular weight excluding hydrogens is 307 g/mol. The van der Waals surface area contributed by atoms with Crippen LogP contribution in [-0.2, 0) is 6.42 Å². The van der Waals surface area contributed by atoms with E-state index in [0.717, 1.165) is 22.1 Å². The van der Waals surface area contributed by atoms with Crippen molar-refractivity contribution in [2.75, 3.05) is 0 Å². The molecule has 0 amide bonds. The van der Waals surface area contributed by atoms with Crippen LogP contribution in [0.4, 0.5) is 0 Å². The Bertz CT molecular complexity index is 793. The van der Waals surface area contributed by atoms with Crippen LogP contribution in [0.3, 0.4) is 0 Å². The first-order chi connectivity index (χ1) is 10.0. The predicted molar refractivity (Wildman–Crippen MR) is 86.1 cm³/mol. The number of benzene rings is 2. The molecule has 4 heteroatoms. The average molecular weight is 321 g/mol. The zero-order valence-corrected chi connectivity index (χ0v) is 12.9. The molecule has 3 rings (SSSR count). The molecule has 2 nitrogen and oxygen atoms in total. The third kappa shape index (κ3) is 3.08. The molecule has 0 aliphatic carbocycles. The summed E-state index contributed by atoms with van der Waals surface area (Å²) in [5, 5.41) is 12.5. The Kier molecular flexibility index (Phi) is 3.94. The molecule has 108 valence electrons. The van der Waals surface area contributed by atoms with Gasteiger partial charge in [0.1, 0.15) is 17.4 Å². The topological polar surface area (TPSA) is 33.4 Å². The number of furan rings is 1. The van der Waals surface area contributed by atoms with Crippen LogP contribution in [-0.4, -0.2) is 5.11 Å². The van der Waals surface area contributed by atoms with E-state index in [2.05, 4.69) is 0 Å². The van der Waals surface area contributed by atoms with Gasteiger partial charge in [-0.15, -0.1) is 0 Å². The molecule has 1 aromatic heterocycles. The first-order valence-corrected chi connectivity index (χ1v) is 7.40. The maximum Gasteiger partial charge on any atom is 0.134 e.